The van der Waals surface area contributed by atoms with Gasteiger partial charge in [0.2, 0.25) is 0 Å². The molecular formula is C35H35F7O5. The van der Waals surface area contributed by atoms with Gasteiger partial charge in [0.1, 0.15) is 25.1 Å². The summed E-state index contributed by atoms with van der Waals surface area (Å²) in [5.41, 5.74) is -3.31. The van der Waals surface area contributed by atoms with E-state index in [9.17, 15) is 40.6 Å². The maximum Gasteiger partial charge on any atom is 0.508 e. The second-order valence-electron chi connectivity index (χ2n) is 12.3. The molecule has 5 nitrogen and oxygen atoms in total. The number of aliphatic hydroxyl groups excluding tert-OH is 1. The lowest BCUT2D eigenvalue weighted by Crippen LogP contribution is -2.44. The fourth-order valence-corrected chi connectivity index (χ4v) is 7.09. The first-order chi connectivity index (χ1) is 22.3. The molecule has 1 N–H and O–H groups in total. The number of alkyl halides is 6. The summed E-state index contributed by atoms with van der Waals surface area (Å²) >= 11 is 0. The molecule has 0 saturated heterocycles. The zero-order chi connectivity index (χ0) is 33.8. The van der Waals surface area contributed by atoms with Crippen LogP contribution in [-0.2, 0) is 33.2 Å². The number of rotatable bonds is 10. The summed E-state index contributed by atoms with van der Waals surface area (Å²) in [7, 11) is 0. The summed E-state index contributed by atoms with van der Waals surface area (Å²) in [5, 5.41) is 9.91. The zero-order valence-electron chi connectivity index (χ0n) is 25.3. The average Bonchev–Trinajstić information content (AvgIpc) is 3.70. The molecule has 0 bridgehead atoms. The number of hydrogen-bond donors (Lipinski definition) is 1. The van der Waals surface area contributed by atoms with Crippen LogP contribution in [0.5, 0.6) is 0 Å². The number of aliphatic hydroxyl groups is 1. The summed E-state index contributed by atoms with van der Waals surface area (Å²) in [6.07, 6.45) is -9.63. The number of carbonyl (C=O) groups is 1. The standard InChI is InChI=1S/C35H35F7O5/c36-29-12-9-24(10-13-29)30-7-4-14-33(30,26-11-8-23(15-26)19-43)47-31(21-46-32(44)45-20-22-5-2-1-3-6-22)25-16-27(34(37,38)39)18-28(17-25)35(40,41)42/h1-3,5-6,9-10,12-13,16-18,23,26,30-31,43H,4,7-8,11,14-15,19-21H2. The van der Waals surface area contributed by atoms with Gasteiger partial charge in [0.25, 0.3) is 0 Å². The molecule has 3 aromatic rings. The lowest BCUT2D eigenvalue weighted by Gasteiger charge is -2.44. The van der Waals surface area contributed by atoms with Gasteiger partial charge in [-0.05, 0) is 97.4 Å². The van der Waals surface area contributed by atoms with E-state index in [4.69, 9.17) is 14.2 Å². The zero-order valence-corrected chi connectivity index (χ0v) is 25.3. The molecule has 2 fully saturated rings. The molecule has 0 heterocycles. The Morgan fingerprint density at radius 3 is 2.13 bits per heavy atom. The van der Waals surface area contributed by atoms with Crippen LogP contribution in [0.2, 0.25) is 0 Å². The number of carbonyl (C=O) groups excluding carboxylic acids is 1. The SMILES string of the molecule is O=C(OCc1ccccc1)OCC(OC1(C2CCC(CO)C2)CCCC1c1ccc(F)cc1)c1cc(C(F)(F)F)cc(C(F)(F)F)c1. The van der Waals surface area contributed by atoms with Gasteiger partial charge in [0.15, 0.2) is 0 Å². The van der Waals surface area contributed by atoms with Crippen LogP contribution < -0.4 is 0 Å². The number of ether oxygens (including phenoxy) is 3. The summed E-state index contributed by atoms with van der Waals surface area (Å²) in [6, 6.07) is 15.6. The van der Waals surface area contributed by atoms with Gasteiger partial charge in [-0.2, -0.15) is 26.3 Å². The van der Waals surface area contributed by atoms with Crippen molar-refractivity contribution in [1.82, 2.24) is 0 Å². The minimum absolute atomic E-state index is 0.0328. The van der Waals surface area contributed by atoms with E-state index in [0.29, 0.717) is 61.8 Å². The first kappa shape index (κ1) is 34.7. The monoisotopic (exact) mass is 668 g/mol. The van der Waals surface area contributed by atoms with E-state index in [1.807, 2.05) is 0 Å². The molecule has 0 radical (unpaired) electrons. The molecule has 2 aliphatic rings. The maximum absolute atomic E-state index is 13.9. The highest BCUT2D eigenvalue weighted by molar-refractivity contribution is 5.60. The Hall–Kier alpha value is -3.64. The van der Waals surface area contributed by atoms with Crippen molar-refractivity contribution in [1.29, 1.82) is 0 Å². The van der Waals surface area contributed by atoms with Gasteiger partial charge in [-0.3, -0.25) is 0 Å². The van der Waals surface area contributed by atoms with Crippen LogP contribution >= 0.6 is 0 Å². The van der Waals surface area contributed by atoms with Crippen molar-refractivity contribution in [3.8, 4) is 0 Å². The van der Waals surface area contributed by atoms with Crippen molar-refractivity contribution in [3.05, 3.63) is 106 Å². The Labute approximate surface area is 267 Å². The molecular weight excluding hydrogens is 633 g/mol. The van der Waals surface area contributed by atoms with Crippen LogP contribution in [0.15, 0.2) is 72.8 Å². The molecule has 2 aliphatic carbocycles. The van der Waals surface area contributed by atoms with Gasteiger partial charge in [-0.15, -0.1) is 0 Å². The maximum atomic E-state index is 13.9. The van der Waals surface area contributed by atoms with Gasteiger partial charge in [0, 0.05) is 12.5 Å². The smallest absolute Gasteiger partial charge is 0.431 e. The van der Waals surface area contributed by atoms with Crippen molar-refractivity contribution in [3.63, 3.8) is 0 Å². The van der Waals surface area contributed by atoms with Crippen molar-refractivity contribution < 1.29 is 54.8 Å². The van der Waals surface area contributed by atoms with Gasteiger partial charge in [0.05, 0.1) is 16.7 Å². The Kier molecular flexibility index (Phi) is 10.5. The first-order valence-electron chi connectivity index (χ1n) is 15.5. The highest BCUT2D eigenvalue weighted by Gasteiger charge is 2.53. The number of hydrogen-bond acceptors (Lipinski definition) is 5. The minimum Gasteiger partial charge on any atom is -0.431 e. The van der Waals surface area contributed by atoms with E-state index >= 15 is 0 Å². The van der Waals surface area contributed by atoms with E-state index in [1.54, 1.807) is 42.5 Å². The van der Waals surface area contributed by atoms with E-state index < -0.39 is 65.2 Å². The predicted molar refractivity (Wildman–Crippen MR) is 156 cm³/mol. The van der Waals surface area contributed by atoms with Crippen LogP contribution in [0, 0.1) is 17.7 Å². The average molecular weight is 669 g/mol. The molecule has 5 rings (SSSR count). The number of halogens is 7. The third kappa shape index (κ3) is 8.27. The van der Waals surface area contributed by atoms with Gasteiger partial charge >= 0.3 is 18.5 Å². The second kappa shape index (κ2) is 14.2. The van der Waals surface area contributed by atoms with E-state index in [0.717, 1.165) is 0 Å². The summed E-state index contributed by atoms with van der Waals surface area (Å²) in [6.45, 7) is -0.995. The van der Waals surface area contributed by atoms with E-state index in [-0.39, 0.29) is 31.1 Å². The van der Waals surface area contributed by atoms with Crippen LogP contribution in [0.25, 0.3) is 0 Å². The van der Waals surface area contributed by atoms with E-state index in [1.165, 1.54) is 12.1 Å². The van der Waals surface area contributed by atoms with Gasteiger partial charge < -0.3 is 19.3 Å². The Morgan fingerprint density at radius 2 is 1.53 bits per heavy atom. The van der Waals surface area contributed by atoms with Crippen LogP contribution in [-0.4, -0.2) is 30.1 Å². The summed E-state index contributed by atoms with van der Waals surface area (Å²) in [5.74, 6) is -1.17. The second-order valence-corrected chi connectivity index (χ2v) is 12.3. The normalized spacial score (nSPS) is 23.9. The fraction of sp³-hybridized carbons (Fsp3) is 0.457. The third-order valence-electron chi connectivity index (χ3n) is 9.31. The summed E-state index contributed by atoms with van der Waals surface area (Å²) < 4.78 is 115. The molecule has 3 aromatic carbocycles. The molecule has 47 heavy (non-hydrogen) atoms. The van der Waals surface area contributed by atoms with Gasteiger partial charge in [-0.1, -0.05) is 42.5 Å². The van der Waals surface area contributed by atoms with Crippen molar-refractivity contribution >= 4 is 6.16 Å². The van der Waals surface area contributed by atoms with Crippen molar-refractivity contribution in [2.45, 2.75) is 75.1 Å². The van der Waals surface area contributed by atoms with Crippen molar-refractivity contribution in [2.24, 2.45) is 11.8 Å². The quantitative estimate of drug-likeness (QED) is 0.172. The molecule has 5 atom stereocenters. The highest BCUT2D eigenvalue weighted by atomic mass is 19.4. The minimum atomic E-state index is -5.11. The molecule has 0 amide bonds. The lowest BCUT2D eigenvalue weighted by molar-refractivity contribution is -0.154. The lowest BCUT2D eigenvalue weighted by atomic mass is 9.74. The van der Waals surface area contributed by atoms with Gasteiger partial charge in [-0.25, -0.2) is 9.18 Å². The molecule has 0 aromatic heterocycles. The Morgan fingerprint density at radius 1 is 0.872 bits per heavy atom. The van der Waals surface area contributed by atoms with Crippen LogP contribution in [0.3, 0.4) is 0 Å². The first-order valence-corrected chi connectivity index (χ1v) is 15.5. The Balaban J connectivity index is 1.54. The molecule has 0 spiro atoms. The predicted octanol–water partition coefficient (Wildman–Crippen LogP) is 9.39. The molecule has 0 aliphatic heterocycles. The molecule has 2 saturated carbocycles. The van der Waals surface area contributed by atoms with Crippen molar-refractivity contribution in [2.75, 3.05) is 13.2 Å². The molecule has 5 unspecified atom stereocenters. The van der Waals surface area contributed by atoms with E-state index in [2.05, 4.69) is 0 Å². The fourth-order valence-electron chi connectivity index (χ4n) is 7.09. The molecule has 12 heteroatoms. The van der Waals surface area contributed by atoms with Crippen LogP contribution in [0.4, 0.5) is 35.5 Å². The largest absolute Gasteiger partial charge is 0.508 e. The highest BCUT2D eigenvalue weighted by Crippen LogP contribution is 2.56. The molecule has 254 valence electrons. The van der Waals surface area contributed by atoms with Crippen LogP contribution in [0.1, 0.15) is 78.4 Å². The Bertz CT molecular complexity index is 1460. The number of benzene rings is 3. The topological polar surface area (TPSA) is 65.0 Å². The summed E-state index contributed by atoms with van der Waals surface area (Å²) in [4.78, 5) is 12.7. The third-order valence-corrected chi connectivity index (χ3v) is 9.31.